The van der Waals surface area contributed by atoms with Crippen LogP contribution in [-0.2, 0) is 0 Å². The van der Waals surface area contributed by atoms with Gasteiger partial charge >= 0.3 is 0 Å². The Kier molecular flexibility index (Phi) is 5.62. The molecule has 0 aromatic rings. The topological polar surface area (TPSA) is 0 Å². The van der Waals surface area contributed by atoms with Crippen molar-refractivity contribution in [3.8, 4) is 0 Å². The standard InChI is InChI=1S/C10H19Cl3Si/c1-9-5-2-3-6-10(9)14(12,13)8-4-7-11/h9-10H,2-8H2,1H3. The van der Waals surface area contributed by atoms with Crippen molar-refractivity contribution >= 4 is 40.5 Å². The van der Waals surface area contributed by atoms with Crippen LogP contribution in [0.3, 0.4) is 0 Å². The molecule has 1 aliphatic carbocycles. The average Bonchev–Trinajstić information content (AvgIpc) is 2.15. The van der Waals surface area contributed by atoms with E-state index in [1.165, 1.54) is 25.7 Å². The van der Waals surface area contributed by atoms with Crippen molar-refractivity contribution in [2.24, 2.45) is 5.92 Å². The molecule has 4 heteroatoms. The summed E-state index contributed by atoms with van der Waals surface area (Å²) in [7, 11) is 0. The van der Waals surface area contributed by atoms with Crippen molar-refractivity contribution in [2.75, 3.05) is 5.88 Å². The maximum absolute atomic E-state index is 6.53. The molecule has 1 rings (SSSR count). The van der Waals surface area contributed by atoms with Crippen LogP contribution in [0.25, 0.3) is 0 Å². The second kappa shape index (κ2) is 5.98. The van der Waals surface area contributed by atoms with E-state index in [0.717, 1.165) is 18.4 Å². The van der Waals surface area contributed by atoms with Crippen LogP contribution >= 0.6 is 33.8 Å². The highest BCUT2D eigenvalue weighted by molar-refractivity contribution is 7.46. The molecule has 0 saturated heterocycles. The van der Waals surface area contributed by atoms with Gasteiger partial charge in [-0.1, -0.05) is 32.6 Å². The highest BCUT2D eigenvalue weighted by Crippen LogP contribution is 2.47. The van der Waals surface area contributed by atoms with Gasteiger partial charge in [-0.2, -0.15) is 0 Å². The normalized spacial score (nSPS) is 29.1. The van der Waals surface area contributed by atoms with E-state index in [-0.39, 0.29) is 0 Å². The Bertz CT molecular complexity index is 173. The van der Waals surface area contributed by atoms with Crippen LogP contribution in [0.15, 0.2) is 0 Å². The Labute approximate surface area is 103 Å². The van der Waals surface area contributed by atoms with Gasteiger partial charge in [-0.05, 0) is 23.9 Å². The zero-order valence-corrected chi connectivity index (χ0v) is 12.0. The second-order valence-corrected chi connectivity index (χ2v) is 12.2. The molecular formula is C10H19Cl3Si. The molecule has 0 spiro atoms. The molecule has 0 aliphatic heterocycles. The van der Waals surface area contributed by atoms with Gasteiger partial charge in [0.15, 0.2) is 0 Å². The summed E-state index contributed by atoms with van der Waals surface area (Å²) in [6, 6.07) is 0.967. The van der Waals surface area contributed by atoms with E-state index in [9.17, 15) is 0 Å². The zero-order valence-electron chi connectivity index (χ0n) is 8.74. The molecule has 1 fully saturated rings. The summed E-state index contributed by atoms with van der Waals surface area (Å²) >= 11 is 18.8. The van der Waals surface area contributed by atoms with E-state index in [1.807, 2.05) is 0 Å². The highest BCUT2D eigenvalue weighted by Gasteiger charge is 2.41. The number of hydrogen-bond donors (Lipinski definition) is 0. The van der Waals surface area contributed by atoms with E-state index in [0.29, 0.717) is 11.4 Å². The van der Waals surface area contributed by atoms with Crippen molar-refractivity contribution in [3.05, 3.63) is 0 Å². The molecule has 0 amide bonds. The lowest BCUT2D eigenvalue weighted by Gasteiger charge is -2.35. The molecule has 2 atom stereocenters. The molecule has 84 valence electrons. The Morgan fingerprint density at radius 3 is 2.43 bits per heavy atom. The number of hydrogen-bond acceptors (Lipinski definition) is 0. The third kappa shape index (κ3) is 3.59. The molecule has 2 unspecified atom stereocenters. The first-order valence-electron chi connectivity index (χ1n) is 5.51. The van der Waals surface area contributed by atoms with Gasteiger partial charge in [0.05, 0.1) is 0 Å². The van der Waals surface area contributed by atoms with Gasteiger partial charge in [-0.15, -0.1) is 33.8 Å². The molecule has 1 saturated carbocycles. The monoisotopic (exact) mass is 272 g/mol. The van der Waals surface area contributed by atoms with Gasteiger partial charge in [-0.25, -0.2) is 0 Å². The molecule has 0 radical (unpaired) electrons. The first kappa shape index (κ1) is 13.2. The summed E-state index contributed by atoms with van der Waals surface area (Å²) in [5, 5.41) is 0. The fraction of sp³-hybridized carbons (Fsp3) is 1.00. The molecule has 0 aromatic carbocycles. The summed E-state index contributed by atoms with van der Waals surface area (Å²) in [6.07, 6.45) is 6.18. The van der Waals surface area contributed by atoms with E-state index in [1.54, 1.807) is 0 Å². The molecule has 0 heterocycles. The van der Waals surface area contributed by atoms with Crippen LogP contribution in [0.1, 0.15) is 39.0 Å². The second-order valence-electron chi connectivity index (χ2n) is 4.42. The van der Waals surface area contributed by atoms with Gasteiger partial charge in [0.2, 0.25) is 0 Å². The van der Waals surface area contributed by atoms with Crippen LogP contribution < -0.4 is 0 Å². The minimum Gasteiger partial charge on any atom is -0.146 e. The van der Waals surface area contributed by atoms with E-state index < -0.39 is 6.69 Å². The maximum atomic E-state index is 6.53. The number of alkyl halides is 1. The third-order valence-electron chi connectivity index (χ3n) is 3.30. The molecular weight excluding hydrogens is 255 g/mol. The molecule has 0 N–H and O–H groups in total. The summed E-state index contributed by atoms with van der Waals surface area (Å²) < 4.78 is 0. The fourth-order valence-corrected chi connectivity index (χ4v) is 8.18. The Balaban J connectivity index is 2.50. The first-order valence-corrected chi connectivity index (χ1v) is 10.4. The van der Waals surface area contributed by atoms with Gasteiger partial charge in [0, 0.05) is 5.88 Å². The van der Waals surface area contributed by atoms with Gasteiger partial charge in [-0.3, -0.25) is 0 Å². The molecule has 0 nitrogen and oxygen atoms in total. The van der Waals surface area contributed by atoms with Gasteiger partial charge < -0.3 is 0 Å². The predicted molar refractivity (Wildman–Crippen MR) is 69.0 cm³/mol. The number of halogens is 3. The lowest BCUT2D eigenvalue weighted by molar-refractivity contribution is 0.379. The molecule has 0 bridgehead atoms. The Morgan fingerprint density at radius 1 is 1.21 bits per heavy atom. The summed E-state index contributed by atoms with van der Waals surface area (Å²) in [4.78, 5) is 0. The maximum Gasteiger partial charge on any atom is 0.254 e. The summed E-state index contributed by atoms with van der Waals surface area (Å²) in [5.41, 5.74) is 0.600. The Morgan fingerprint density at radius 2 is 1.86 bits per heavy atom. The van der Waals surface area contributed by atoms with Crippen molar-refractivity contribution in [1.82, 2.24) is 0 Å². The lowest BCUT2D eigenvalue weighted by atomic mass is 9.90. The summed E-state index contributed by atoms with van der Waals surface area (Å²) in [6.45, 7) is 0.276. The van der Waals surface area contributed by atoms with Crippen LogP contribution in [0.2, 0.25) is 11.6 Å². The van der Waals surface area contributed by atoms with E-state index in [4.69, 9.17) is 33.8 Å². The molecule has 14 heavy (non-hydrogen) atoms. The highest BCUT2D eigenvalue weighted by atomic mass is 35.7. The van der Waals surface area contributed by atoms with Crippen molar-refractivity contribution in [1.29, 1.82) is 0 Å². The van der Waals surface area contributed by atoms with Crippen molar-refractivity contribution in [3.63, 3.8) is 0 Å². The van der Waals surface area contributed by atoms with Gasteiger partial charge in [0.25, 0.3) is 6.69 Å². The average molecular weight is 274 g/mol. The zero-order chi connectivity index (χ0) is 10.6. The summed E-state index contributed by atoms with van der Waals surface area (Å²) in [5.74, 6) is 1.41. The largest absolute Gasteiger partial charge is 0.254 e. The van der Waals surface area contributed by atoms with Crippen LogP contribution in [0.5, 0.6) is 0 Å². The minimum atomic E-state index is -2.03. The smallest absolute Gasteiger partial charge is 0.146 e. The van der Waals surface area contributed by atoms with Crippen LogP contribution in [0.4, 0.5) is 0 Å². The van der Waals surface area contributed by atoms with Crippen molar-refractivity contribution in [2.45, 2.75) is 50.6 Å². The van der Waals surface area contributed by atoms with Crippen LogP contribution in [0, 0.1) is 5.92 Å². The van der Waals surface area contributed by atoms with Crippen LogP contribution in [-0.4, -0.2) is 12.6 Å². The van der Waals surface area contributed by atoms with Crippen molar-refractivity contribution < 1.29 is 0 Å². The van der Waals surface area contributed by atoms with E-state index in [2.05, 4.69) is 6.92 Å². The third-order valence-corrected chi connectivity index (χ3v) is 9.34. The molecule has 1 aliphatic rings. The molecule has 0 aromatic heterocycles. The predicted octanol–water partition coefficient (Wildman–Crippen LogP) is 5.12. The fourth-order valence-electron chi connectivity index (χ4n) is 2.43. The minimum absolute atomic E-state index is 0.600. The SMILES string of the molecule is CC1CCCCC1[Si](Cl)(Cl)CCCCl. The first-order chi connectivity index (χ1) is 6.58. The van der Waals surface area contributed by atoms with E-state index >= 15 is 0 Å². The quantitative estimate of drug-likeness (QED) is 0.379. The Hall–Kier alpha value is 1.09. The number of rotatable bonds is 4. The van der Waals surface area contributed by atoms with Gasteiger partial charge in [0.1, 0.15) is 0 Å². The lowest BCUT2D eigenvalue weighted by Crippen LogP contribution is -2.33.